The summed E-state index contributed by atoms with van der Waals surface area (Å²) >= 11 is 0. The highest BCUT2D eigenvalue weighted by Gasteiger charge is 2.31. The van der Waals surface area contributed by atoms with Crippen molar-refractivity contribution in [1.82, 2.24) is 9.13 Å². The number of hydrogen-bond donors (Lipinski definition) is 1. The van der Waals surface area contributed by atoms with Gasteiger partial charge in [-0.2, -0.15) is 5.26 Å². The molecule has 0 saturated heterocycles. The second kappa shape index (κ2) is 14.5. The maximum atomic E-state index is 9.69. The Balaban J connectivity index is 1.28. The molecular weight excluding hydrogens is 633 g/mol. The monoisotopic (exact) mass is 674 g/mol. The smallest absolute Gasteiger partial charge is 0.0947 e. The van der Waals surface area contributed by atoms with Crippen LogP contribution in [0.15, 0.2) is 168 Å². The van der Waals surface area contributed by atoms with Crippen molar-refractivity contribution in [3.05, 3.63) is 185 Å². The van der Waals surface area contributed by atoms with E-state index in [0.29, 0.717) is 5.70 Å². The van der Waals surface area contributed by atoms with Gasteiger partial charge in [-0.3, -0.25) is 0 Å². The van der Waals surface area contributed by atoms with Gasteiger partial charge in [0.25, 0.3) is 0 Å². The topological polar surface area (TPSA) is 59.7 Å². The van der Waals surface area contributed by atoms with Gasteiger partial charge in [-0.05, 0) is 122 Å². The van der Waals surface area contributed by atoms with Gasteiger partial charge < -0.3 is 14.9 Å². The standard InChI is InChI=1S/C48H42N4/c1-2-3-4-5-6-8-18-36(35-19-15-17-34(30-35)33-49)32-44(50)37-20-16-23-39(31-37)52-46-27-14-12-25-41(46)43-29-28-42-40-24-11-13-26-45(40)51(47(42)48(43)52)38-21-9-7-10-22-38/h2-5,7,9-14,16,18-27,30-32H,6,8,15,17,28-29,50H2,1H3/b3-2-,5-4-,36-18+,44-32-. The predicted molar refractivity (Wildman–Crippen MR) is 217 cm³/mol. The van der Waals surface area contributed by atoms with Crippen molar-refractivity contribution >= 4 is 27.5 Å². The highest BCUT2D eigenvalue weighted by Crippen LogP contribution is 2.46. The van der Waals surface area contributed by atoms with Crippen molar-refractivity contribution < 1.29 is 0 Å². The van der Waals surface area contributed by atoms with E-state index in [1.807, 2.05) is 25.2 Å². The highest BCUT2D eigenvalue weighted by atomic mass is 15.1. The summed E-state index contributed by atoms with van der Waals surface area (Å²) < 4.78 is 4.92. The van der Waals surface area contributed by atoms with Crippen LogP contribution in [0.1, 0.15) is 49.3 Å². The molecule has 2 aliphatic carbocycles. The van der Waals surface area contributed by atoms with Crippen LogP contribution >= 0.6 is 0 Å². The largest absolute Gasteiger partial charge is 0.398 e. The Bertz CT molecular complexity index is 2540. The number of nitrogens with two attached hydrogens (primary N) is 1. The molecule has 0 aliphatic heterocycles. The molecular formula is C48H42N4. The second-order valence-electron chi connectivity index (χ2n) is 13.5. The molecule has 0 fully saturated rings. The molecule has 0 spiro atoms. The Kier molecular flexibility index (Phi) is 9.17. The molecule has 254 valence electrons. The normalized spacial score (nSPS) is 14.8. The number of nitriles is 1. The molecule has 6 aromatic rings. The van der Waals surface area contributed by atoms with Crippen LogP contribution in [-0.4, -0.2) is 9.13 Å². The summed E-state index contributed by atoms with van der Waals surface area (Å²) in [7, 11) is 0. The van der Waals surface area contributed by atoms with E-state index >= 15 is 0 Å². The summed E-state index contributed by atoms with van der Waals surface area (Å²) in [6.45, 7) is 2.02. The van der Waals surface area contributed by atoms with E-state index in [9.17, 15) is 5.26 Å². The van der Waals surface area contributed by atoms with E-state index in [0.717, 1.165) is 72.2 Å². The molecule has 0 radical (unpaired) electrons. The molecule has 0 bridgehead atoms. The van der Waals surface area contributed by atoms with E-state index in [-0.39, 0.29) is 0 Å². The average Bonchev–Trinajstić information content (AvgIpc) is 3.72. The third-order valence-corrected chi connectivity index (χ3v) is 10.3. The zero-order valence-electron chi connectivity index (χ0n) is 29.6. The van der Waals surface area contributed by atoms with Crippen molar-refractivity contribution in [3.63, 3.8) is 0 Å². The quantitative estimate of drug-likeness (QED) is 0.123. The minimum atomic E-state index is 0.695. The summed E-state index contributed by atoms with van der Waals surface area (Å²) in [4.78, 5) is 0. The van der Waals surface area contributed by atoms with E-state index in [1.165, 1.54) is 44.3 Å². The molecule has 0 unspecified atom stereocenters. The van der Waals surface area contributed by atoms with Crippen molar-refractivity contribution in [2.45, 2.75) is 45.4 Å². The first-order chi connectivity index (χ1) is 25.7. The molecule has 0 amide bonds. The zero-order valence-corrected chi connectivity index (χ0v) is 29.6. The summed E-state index contributed by atoms with van der Waals surface area (Å²) in [5.74, 6) is 0. The van der Waals surface area contributed by atoms with Crippen LogP contribution in [0.4, 0.5) is 0 Å². The van der Waals surface area contributed by atoms with Crippen LogP contribution in [-0.2, 0) is 12.8 Å². The first-order valence-corrected chi connectivity index (χ1v) is 18.3. The maximum absolute atomic E-state index is 9.69. The van der Waals surface area contributed by atoms with Crippen molar-refractivity contribution in [1.29, 1.82) is 5.26 Å². The SMILES string of the molecule is C/C=C\C=C/CC/C=C(\C=C(/N)c1cccc(-n2c3c(c4ccccc42)CCc2c-3n(-c3ccccc3)c3ccccc23)c1)C1=CCCC(C#N)=C1. The van der Waals surface area contributed by atoms with Gasteiger partial charge in [0.15, 0.2) is 0 Å². The first-order valence-electron chi connectivity index (χ1n) is 18.3. The highest BCUT2D eigenvalue weighted by molar-refractivity contribution is 6.00. The second-order valence-corrected chi connectivity index (χ2v) is 13.5. The molecule has 2 N–H and O–H groups in total. The number of hydrogen-bond acceptors (Lipinski definition) is 2. The van der Waals surface area contributed by atoms with Crippen LogP contribution in [0, 0.1) is 11.3 Å². The first kappa shape index (κ1) is 32.9. The molecule has 2 aromatic heterocycles. The summed E-state index contributed by atoms with van der Waals surface area (Å²) in [5.41, 5.74) is 21.5. The van der Waals surface area contributed by atoms with Gasteiger partial charge >= 0.3 is 0 Å². The number of rotatable bonds is 9. The molecule has 0 atom stereocenters. The molecule has 4 heteroatoms. The number of unbranched alkanes of at least 4 members (excludes halogenated alkanes) is 1. The number of fused-ring (bicyclic) bond motifs is 7. The van der Waals surface area contributed by atoms with E-state index in [2.05, 4.69) is 149 Å². The Morgan fingerprint density at radius 1 is 0.750 bits per heavy atom. The number of aryl methyl sites for hydroxylation is 2. The fourth-order valence-corrected chi connectivity index (χ4v) is 7.93. The molecule has 8 rings (SSSR count). The zero-order chi connectivity index (χ0) is 35.4. The summed E-state index contributed by atoms with van der Waals surface area (Å²) in [6.07, 6.45) is 22.3. The minimum absolute atomic E-state index is 0.695. The molecule has 2 heterocycles. The number of allylic oxidation sites excluding steroid dienone is 11. The maximum Gasteiger partial charge on any atom is 0.0947 e. The van der Waals surface area contributed by atoms with Crippen molar-refractivity contribution in [3.8, 4) is 28.8 Å². The number of aromatic nitrogens is 2. The van der Waals surface area contributed by atoms with E-state index < -0.39 is 0 Å². The van der Waals surface area contributed by atoms with Crippen LogP contribution in [0.5, 0.6) is 0 Å². The minimum Gasteiger partial charge on any atom is -0.398 e. The third kappa shape index (κ3) is 6.05. The number of nitrogens with zero attached hydrogens (tertiary/aromatic N) is 3. The fraction of sp³-hybridized carbons (Fsp3) is 0.146. The van der Waals surface area contributed by atoms with Gasteiger partial charge in [0.05, 0.1) is 28.5 Å². The van der Waals surface area contributed by atoms with Gasteiger partial charge in [0.1, 0.15) is 0 Å². The van der Waals surface area contributed by atoms with Crippen molar-refractivity contribution in [2.24, 2.45) is 5.73 Å². The Morgan fingerprint density at radius 3 is 2.10 bits per heavy atom. The lowest BCUT2D eigenvalue weighted by Crippen LogP contribution is -2.10. The molecule has 0 saturated carbocycles. The van der Waals surface area contributed by atoms with Crippen LogP contribution in [0.2, 0.25) is 0 Å². The molecule has 4 nitrogen and oxygen atoms in total. The van der Waals surface area contributed by atoms with Gasteiger partial charge in [-0.25, -0.2) is 0 Å². The molecule has 2 aliphatic rings. The lowest BCUT2D eigenvalue weighted by Gasteiger charge is -2.21. The number of para-hydroxylation sites is 3. The van der Waals surface area contributed by atoms with Gasteiger partial charge in [0.2, 0.25) is 0 Å². The van der Waals surface area contributed by atoms with E-state index in [4.69, 9.17) is 5.73 Å². The van der Waals surface area contributed by atoms with Gasteiger partial charge in [0, 0.05) is 33.4 Å². The number of benzene rings is 4. The molecule has 52 heavy (non-hydrogen) atoms. The lowest BCUT2D eigenvalue weighted by atomic mass is 9.92. The fourth-order valence-electron chi connectivity index (χ4n) is 7.93. The van der Waals surface area contributed by atoms with E-state index in [1.54, 1.807) is 0 Å². The predicted octanol–water partition coefficient (Wildman–Crippen LogP) is 11.6. The summed E-state index contributed by atoms with van der Waals surface area (Å²) in [5, 5.41) is 12.3. The Labute approximate surface area is 306 Å². The van der Waals surface area contributed by atoms with Crippen molar-refractivity contribution in [2.75, 3.05) is 0 Å². The van der Waals surface area contributed by atoms with Gasteiger partial charge in [-0.15, -0.1) is 0 Å². The Hall–Kier alpha value is -6.31. The van der Waals surface area contributed by atoms with Crippen LogP contribution in [0.3, 0.4) is 0 Å². The average molecular weight is 675 g/mol. The molecule has 4 aromatic carbocycles. The third-order valence-electron chi connectivity index (χ3n) is 10.3. The van der Waals surface area contributed by atoms with Crippen LogP contribution < -0.4 is 5.73 Å². The summed E-state index contributed by atoms with van der Waals surface area (Å²) in [6, 6.07) is 39.4. The lowest BCUT2D eigenvalue weighted by molar-refractivity contribution is 0.921. The van der Waals surface area contributed by atoms with Gasteiger partial charge in [-0.1, -0.05) is 103 Å². The Morgan fingerprint density at radius 2 is 1.40 bits per heavy atom. The van der Waals surface area contributed by atoms with Crippen LogP contribution in [0.25, 0.3) is 50.3 Å².